The number of aromatic nitrogens is 1. The zero-order valence-corrected chi connectivity index (χ0v) is 12.6. The Morgan fingerprint density at radius 2 is 2.10 bits per heavy atom. The first-order valence-corrected chi connectivity index (χ1v) is 7.77. The molecule has 0 spiro atoms. The smallest absolute Gasteiger partial charge is 0.240 e. The van der Waals surface area contributed by atoms with Gasteiger partial charge in [-0.3, -0.25) is 4.79 Å². The fourth-order valence-corrected chi connectivity index (χ4v) is 2.83. The minimum atomic E-state index is 0.0395. The number of nitrogens with two attached hydrogens (primary N) is 1. The molecule has 0 aromatic carbocycles. The summed E-state index contributed by atoms with van der Waals surface area (Å²) >= 11 is 0. The summed E-state index contributed by atoms with van der Waals surface area (Å²) in [5, 5.41) is 3.14. The largest absolute Gasteiger partial charge is 0.352 e. The van der Waals surface area contributed by atoms with Crippen molar-refractivity contribution in [3.63, 3.8) is 0 Å². The summed E-state index contributed by atoms with van der Waals surface area (Å²) in [7, 11) is 0. The van der Waals surface area contributed by atoms with Crippen LogP contribution in [0.3, 0.4) is 0 Å². The predicted molar refractivity (Wildman–Crippen MR) is 81.2 cm³/mol. The first kappa shape index (κ1) is 15.1. The van der Waals surface area contributed by atoms with Crippen LogP contribution in [0, 0.1) is 5.92 Å². The maximum absolute atomic E-state index is 12.0. The van der Waals surface area contributed by atoms with E-state index in [9.17, 15) is 4.79 Å². The SMILES string of the molecule is CC(C)C(N)c1ccn(CC(=O)NC2CCCCC2)c1. The average molecular weight is 277 g/mol. The van der Waals surface area contributed by atoms with E-state index in [4.69, 9.17) is 5.73 Å². The van der Waals surface area contributed by atoms with Crippen LogP contribution < -0.4 is 11.1 Å². The normalized spacial score (nSPS) is 18.2. The molecule has 20 heavy (non-hydrogen) atoms. The number of rotatable bonds is 5. The van der Waals surface area contributed by atoms with Crippen LogP contribution in [0.15, 0.2) is 18.5 Å². The maximum Gasteiger partial charge on any atom is 0.240 e. The second kappa shape index (κ2) is 6.93. The molecule has 1 heterocycles. The first-order chi connectivity index (χ1) is 9.56. The summed E-state index contributed by atoms with van der Waals surface area (Å²) in [5.41, 5.74) is 7.22. The van der Waals surface area contributed by atoms with Crippen molar-refractivity contribution in [2.45, 2.75) is 64.6 Å². The molecule has 1 aliphatic carbocycles. The Hall–Kier alpha value is -1.29. The zero-order chi connectivity index (χ0) is 14.5. The van der Waals surface area contributed by atoms with E-state index in [1.165, 1.54) is 19.3 Å². The molecule has 1 amide bonds. The lowest BCUT2D eigenvalue weighted by atomic mass is 9.95. The van der Waals surface area contributed by atoms with Gasteiger partial charge in [-0.05, 0) is 30.4 Å². The Morgan fingerprint density at radius 1 is 1.40 bits per heavy atom. The van der Waals surface area contributed by atoms with Crippen LogP contribution in [-0.4, -0.2) is 16.5 Å². The molecule has 1 aromatic rings. The Labute approximate surface area is 121 Å². The van der Waals surface area contributed by atoms with E-state index in [-0.39, 0.29) is 11.9 Å². The van der Waals surface area contributed by atoms with E-state index in [0.717, 1.165) is 18.4 Å². The summed E-state index contributed by atoms with van der Waals surface area (Å²) in [4.78, 5) is 12.0. The third-order valence-corrected chi connectivity index (χ3v) is 4.17. The zero-order valence-electron chi connectivity index (χ0n) is 12.6. The molecule has 1 unspecified atom stereocenters. The van der Waals surface area contributed by atoms with Crippen molar-refractivity contribution in [1.82, 2.24) is 9.88 Å². The van der Waals surface area contributed by atoms with Crippen molar-refractivity contribution in [2.24, 2.45) is 11.7 Å². The van der Waals surface area contributed by atoms with E-state index in [2.05, 4.69) is 19.2 Å². The van der Waals surface area contributed by atoms with Crippen LogP contribution in [0.4, 0.5) is 0 Å². The van der Waals surface area contributed by atoms with E-state index in [1.807, 2.05) is 23.0 Å². The second-order valence-corrected chi connectivity index (χ2v) is 6.29. The van der Waals surface area contributed by atoms with Crippen molar-refractivity contribution in [3.8, 4) is 0 Å². The van der Waals surface area contributed by atoms with Crippen LogP contribution in [0.25, 0.3) is 0 Å². The molecule has 0 saturated heterocycles. The molecule has 4 heteroatoms. The number of hydrogen-bond acceptors (Lipinski definition) is 2. The van der Waals surface area contributed by atoms with Crippen molar-refractivity contribution in [3.05, 3.63) is 24.0 Å². The van der Waals surface area contributed by atoms with Gasteiger partial charge in [-0.1, -0.05) is 33.1 Å². The molecular weight excluding hydrogens is 250 g/mol. The second-order valence-electron chi connectivity index (χ2n) is 6.29. The molecule has 0 bridgehead atoms. The lowest BCUT2D eigenvalue weighted by Gasteiger charge is -2.22. The quantitative estimate of drug-likeness (QED) is 0.869. The standard InChI is InChI=1S/C16H27N3O/c1-12(2)16(17)13-8-9-19(10-13)11-15(20)18-14-6-4-3-5-7-14/h8-10,12,14,16H,3-7,11,17H2,1-2H3,(H,18,20). The molecule has 112 valence electrons. The van der Waals surface area contributed by atoms with E-state index >= 15 is 0 Å². The van der Waals surface area contributed by atoms with Gasteiger partial charge in [0.05, 0.1) is 0 Å². The van der Waals surface area contributed by atoms with E-state index < -0.39 is 0 Å². The van der Waals surface area contributed by atoms with Gasteiger partial charge in [-0.2, -0.15) is 0 Å². The molecule has 4 nitrogen and oxygen atoms in total. The van der Waals surface area contributed by atoms with Crippen molar-refractivity contribution < 1.29 is 4.79 Å². The molecule has 1 aromatic heterocycles. The summed E-state index contributed by atoms with van der Waals surface area (Å²) in [6, 6.07) is 2.43. The highest BCUT2D eigenvalue weighted by molar-refractivity contribution is 5.76. The summed E-state index contributed by atoms with van der Waals surface area (Å²) in [5.74, 6) is 0.513. The molecule has 3 N–H and O–H groups in total. The van der Waals surface area contributed by atoms with Gasteiger partial charge in [0.25, 0.3) is 0 Å². The highest BCUT2D eigenvalue weighted by atomic mass is 16.2. The predicted octanol–water partition coefficient (Wildman–Crippen LogP) is 2.59. The van der Waals surface area contributed by atoms with Gasteiger partial charge in [-0.15, -0.1) is 0 Å². The van der Waals surface area contributed by atoms with Crippen LogP contribution in [0.2, 0.25) is 0 Å². The molecule has 0 aliphatic heterocycles. The van der Waals surface area contributed by atoms with Crippen LogP contribution in [0.1, 0.15) is 57.6 Å². The lowest BCUT2D eigenvalue weighted by molar-refractivity contribution is -0.122. The highest BCUT2D eigenvalue weighted by Gasteiger charge is 2.16. The number of nitrogens with one attached hydrogen (secondary N) is 1. The fraction of sp³-hybridized carbons (Fsp3) is 0.688. The number of hydrogen-bond donors (Lipinski definition) is 2. The summed E-state index contributed by atoms with van der Waals surface area (Å²) < 4.78 is 1.93. The van der Waals surface area contributed by atoms with Gasteiger partial charge < -0.3 is 15.6 Å². The fourth-order valence-electron chi connectivity index (χ4n) is 2.83. The summed E-state index contributed by atoms with van der Waals surface area (Å²) in [6.07, 6.45) is 9.97. The van der Waals surface area contributed by atoms with Crippen molar-refractivity contribution in [1.29, 1.82) is 0 Å². The van der Waals surface area contributed by atoms with E-state index in [0.29, 0.717) is 18.5 Å². The van der Waals surface area contributed by atoms with Gasteiger partial charge >= 0.3 is 0 Å². The molecule has 1 saturated carbocycles. The number of carbonyl (C=O) groups excluding carboxylic acids is 1. The number of amides is 1. The van der Waals surface area contributed by atoms with Gasteiger partial charge in [0.1, 0.15) is 6.54 Å². The van der Waals surface area contributed by atoms with Gasteiger partial charge in [0.15, 0.2) is 0 Å². The Bertz CT molecular complexity index is 433. The molecule has 1 fully saturated rings. The van der Waals surface area contributed by atoms with Gasteiger partial charge in [0.2, 0.25) is 5.91 Å². The van der Waals surface area contributed by atoms with Crippen LogP contribution in [-0.2, 0) is 11.3 Å². The average Bonchev–Trinajstić information content (AvgIpc) is 2.87. The molecule has 0 radical (unpaired) electrons. The number of carbonyl (C=O) groups is 1. The van der Waals surface area contributed by atoms with Gasteiger partial charge in [-0.25, -0.2) is 0 Å². The topological polar surface area (TPSA) is 60.0 Å². The maximum atomic E-state index is 12.0. The number of nitrogens with zero attached hydrogens (tertiary/aromatic N) is 1. The Morgan fingerprint density at radius 3 is 2.75 bits per heavy atom. The van der Waals surface area contributed by atoms with Crippen molar-refractivity contribution in [2.75, 3.05) is 0 Å². The summed E-state index contributed by atoms with van der Waals surface area (Å²) in [6.45, 7) is 4.61. The Balaban J connectivity index is 1.85. The monoisotopic (exact) mass is 277 g/mol. The molecular formula is C16H27N3O. The van der Waals surface area contributed by atoms with Crippen molar-refractivity contribution >= 4 is 5.91 Å². The molecule has 1 atom stereocenters. The molecule has 1 aliphatic rings. The highest BCUT2D eigenvalue weighted by Crippen LogP contribution is 2.19. The van der Waals surface area contributed by atoms with E-state index in [1.54, 1.807) is 0 Å². The third kappa shape index (κ3) is 4.10. The van der Waals surface area contributed by atoms with Gasteiger partial charge in [0, 0.05) is 24.5 Å². The third-order valence-electron chi connectivity index (χ3n) is 4.17. The minimum Gasteiger partial charge on any atom is -0.352 e. The van der Waals surface area contributed by atoms with Crippen LogP contribution >= 0.6 is 0 Å². The van der Waals surface area contributed by atoms with Crippen LogP contribution in [0.5, 0.6) is 0 Å². The minimum absolute atomic E-state index is 0.0395. The lowest BCUT2D eigenvalue weighted by Crippen LogP contribution is -2.38. The first-order valence-electron chi connectivity index (χ1n) is 7.77. The molecule has 2 rings (SSSR count). The Kier molecular flexibility index (Phi) is 5.24.